The molecule has 0 atom stereocenters. The lowest BCUT2D eigenvalue weighted by Crippen LogP contribution is -2.39. The summed E-state index contributed by atoms with van der Waals surface area (Å²) in [4.78, 5) is 6.79. The first kappa shape index (κ1) is 16.0. The lowest BCUT2D eigenvalue weighted by molar-refractivity contribution is 0.248. The number of hydrogen-bond donors (Lipinski definition) is 2. The van der Waals surface area contributed by atoms with Crippen molar-refractivity contribution in [1.29, 1.82) is 0 Å². The number of guanidine groups is 1. The summed E-state index contributed by atoms with van der Waals surface area (Å²) < 4.78 is 0. The van der Waals surface area contributed by atoms with E-state index in [9.17, 15) is 0 Å². The number of rotatable bonds is 7. The molecule has 100 valence electrons. The number of hydrogen-bond acceptors (Lipinski definition) is 2. The average Bonchev–Trinajstić information content (AvgIpc) is 2.20. The van der Waals surface area contributed by atoms with E-state index in [1.807, 2.05) is 6.08 Å². The molecule has 0 heterocycles. The minimum Gasteiger partial charge on any atom is -0.357 e. The van der Waals surface area contributed by atoms with Crippen molar-refractivity contribution in [2.75, 3.05) is 40.3 Å². The minimum atomic E-state index is 0.181. The van der Waals surface area contributed by atoms with Crippen LogP contribution in [0.4, 0.5) is 0 Å². The van der Waals surface area contributed by atoms with E-state index in [1.165, 1.54) is 0 Å². The third-order valence-electron chi connectivity index (χ3n) is 2.17. The van der Waals surface area contributed by atoms with Crippen LogP contribution in [0, 0.1) is 5.41 Å². The van der Waals surface area contributed by atoms with Crippen LogP contribution in [0.3, 0.4) is 0 Å². The van der Waals surface area contributed by atoms with Gasteiger partial charge in [-0.1, -0.05) is 19.9 Å². The zero-order chi connectivity index (χ0) is 13.3. The van der Waals surface area contributed by atoms with Crippen molar-refractivity contribution >= 4 is 5.96 Å². The Labute approximate surface area is 106 Å². The summed E-state index contributed by atoms with van der Waals surface area (Å²) in [5.74, 6) is 0.860. The van der Waals surface area contributed by atoms with Gasteiger partial charge in [0.15, 0.2) is 5.96 Å². The maximum atomic E-state index is 4.60. The van der Waals surface area contributed by atoms with Gasteiger partial charge in [-0.15, -0.1) is 6.58 Å². The summed E-state index contributed by atoms with van der Waals surface area (Å²) in [5, 5.41) is 6.42. The third kappa shape index (κ3) is 8.74. The van der Waals surface area contributed by atoms with Gasteiger partial charge in [0.05, 0.1) is 0 Å². The predicted molar refractivity (Wildman–Crippen MR) is 76.5 cm³/mol. The molecule has 0 amide bonds. The van der Waals surface area contributed by atoms with Crippen LogP contribution in [-0.2, 0) is 0 Å². The first-order valence-electron chi connectivity index (χ1n) is 6.19. The van der Waals surface area contributed by atoms with E-state index in [1.54, 1.807) is 0 Å². The molecular weight excluding hydrogens is 212 g/mol. The van der Waals surface area contributed by atoms with Crippen molar-refractivity contribution in [2.24, 2.45) is 10.4 Å². The normalized spacial score (nSPS) is 12.7. The van der Waals surface area contributed by atoms with Crippen molar-refractivity contribution in [3.8, 4) is 0 Å². The molecule has 0 fully saturated rings. The lowest BCUT2D eigenvalue weighted by atomic mass is 9.93. The van der Waals surface area contributed by atoms with Gasteiger partial charge in [-0.05, 0) is 26.4 Å². The fraction of sp³-hybridized carbons (Fsp3) is 0.769. The molecule has 0 saturated carbocycles. The van der Waals surface area contributed by atoms with E-state index in [0.717, 1.165) is 32.1 Å². The lowest BCUT2D eigenvalue weighted by Gasteiger charge is -2.26. The van der Waals surface area contributed by atoms with Gasteiger partial charge < -0.3 is 15.5 Å². The van der Waals surface area contributed by atoms with Crippen LogP contribution in [0.5, 0.6) is 0 Å². The topological polar surface area (TPSA) is 39.7 Å². The highest BCUT2D eigenvalue weighted by Crippen LogP contribution is 2.15. The Morgan fingerprint density at radius 3 is 2.47 bits per heavy atom. The maximum Gasteiger partial charge on any atom is 0.191 e. The van der Waals surface area contributed by atoms with Gasteiger partial charge in [-0.25, -0.2) is 0 Å². The summed E-state index contributed by atoms with van der Waals surface area (Å²) in [6.07, 6.45) is 1.83. The Balaban J connectivity index is 4.34. The second-order valence-corrected chi connectivity index (χ2v) is 5.27. The molecule has 0 saturated heterocycles. The van der Waals surface area contributed by atoms with Crippen LogP contribution < -0.4 is 10.6 Å². The Morgan fingerprint density at radius 1 is 1.35 bits per heavy atom. The number of aliphatic imine (C=N–C) groups is 1. The molecular formula is C13H28N4. The van der Waals surface area contributed by atoms with Gasteiger partial charge in [-0.3, -0.25) is 4.99 Å². The van der Waals surface area contributed by atoms with E-state index < -0.39 is 0 Å². The molecule has 4 heteroatoms. The molecule has 0 bridgehead atoms. The molecule has 0 aliphatic heterocycles. The second kappa shape index (κ2) is 8.12. The zero-order valence-electron chi connectivity index (χ0n) is 12.0. The van der Waals surface area contributed by atoms with Gasteiger partial charge in [0.2, 0.25) is 0 Å². The van der Waals surface area contributed by atoms with E-state index in [0.29, 0.717) is 0 Å². The largest absolute Gasteiger partial charge is 0.357 e. The summed E-state index contributed by atoms with van der Waals surface area (Å²) in [6, 6.07) is 0. The van der Waals surface area contributed by atoms with E-state index >= 15 is 0 Å². The molecule has 0 spiro atoms. The number of nitrogens with one attached hydrogen (secondary N) is 2. The van der Waals surface area contributed by atoms with Gasteiger partial charge in [0, 0.05) is 26.2 Å². The maximum absolute atomic E-state index is 4.60. The molecule has 0 radical (unpaired) electrons. The molecule has 0 aromatic carbocycles. The molecule has 0 rings (SSSR count). The van der Waals surface area contributed by atoms with Gasteiger partial charge in [0.25, 0.3) is 0 Å². The fourth-order valence-electron chi connectivity index (χ4n) is 1.71. The highest BCUT2D eigenvalue weighted by Gasteiger charge is 2.18. The standard InChI is InChI=1S/C13H28N4/c1-7-9-15-12(14-8-2)16-10-13(3,4)11-17(5)6/h7H,1,8-11H2,2-6H3,(H2,14,15,16). The summed E-state index contributed by atoms with van der Waals surface area (Å²) in [5.41, 5.74) is 0.181. The first-order valence-corrected chi connectivity index (χ1v) is 6.19. The average molecular weight is 240 g/mol. The van der Waals surface area contributed by atoms with E-state index in [-0.39, 0.29) is 5.41 Å². The Hall–Kier alpha value is -1.03. The van der Waals surface area contributed by atoms with Crippen LogP contribution in [-0.4, -0.2) is 51.1 Å². The Bertz CT molecular complexity index is 244. The van der Waals surface area contributed by atoms with Crippen molar-refractivity contribution in [1.82, 2.24) is 15.5 Å². The van der Waals surface area contributed by atoms with Crippen molar-refractivity contribution in [2.45, 2.75) is 20.8 Å². The van der Waals surface area contributed by atoms with Crippen LogP contribution in [0.2, 0.25) is 0 Å². The zero-order valence-corrected chi connectivity index (χ0v) is 12.0. The van der Waals surface area contributed by atoms with Gasteiger partial charge >= 0.3 is 0 Å². The Kier molecular flexibility index (Phi) is 7.63. The Morgan fingerprint density at radius 2 is 2.00 bits per heavy atom. The van der Waals surface area contributed by atoms with Crippen LogP contribution >= 0.6 is 0 Å². The monoisotopic (exact) mass is 240 g/mol. The summed E-state index contributed by atoms with van der Waals surface area (Å²) >= 11 is 0. The first-order chi connectivity index (χ1) is 7.91. The van der Waals surface area contributed by atoms with E-state index in [2.05, 4.69) is 62.0 Å². The molecule has 4 nitrogen and oxygen atoms in total. The van der Waals surface area contributed by atoms with Crippen LogP contribution in [0.1, 0.15) is 20.8 Å². The minimum absolute atomic E-state index is 0.181. The second-order valence-electron chi connectivity index (χ2n) is 5.27. The van der Waals surface area contributed by atoms with Crippen molar-refractivity contribution in [3.05, 3.63) is 12.7 Å². The summed E-state index contributed by atoms with van der Waals surface area (Å²) in [6.45, 7) is 13.7. The summed E-state index contributed by atoms with van der Waals surface area (Å²) in [7, 11) is 4.18. The smallest absolute Gasteiger partial charge is 0.191 e. The quantitative estimate of drug-likeness (QED) is 0.400. The SMILES string of the molecule is C=CCNC(=NCC(C)(C)CN(C)C)NCC. The molecule has 0 aromatic rings. The molecule has 0 unspecified atom stereocenters. The highest BCUT2D eigenvalue weighted by molar-refractivity contribution is 5.79. The highest BCUT2D eigenvalue weighted by atomic mass is 15.2. The number of nitrogens with zero attached hydrogens (tertiary/aromatic N) is 2. The molecule has 0 aliphatic carbocycles. The molecule has 17 heavy (non-hydrogen) atoms. The fourth-order valence-corrected chi connectivity index (χ4v) is 1.71. The van der Waals surface area contributed by atoms with Crippen LogP contribution in [0.15, 0.2) is 17.6 Å². The van der Waals surface area contributed by atoms with Gasteiger partial charge in [-0.2, -0.15) is 0 Å². The van der Waals surface area contributed by atoms with Gasteiger partial charge in [0.1, 0.15) is 0 Å². The van der Waals surface area contributed by atoms with Crippen LogP contribution in [0.25, 0.3) is 0 Å². The van der Waals surface area contributed by atoms with E-state index in [4.69, 9.17) is 0 Å². The molecule has 0 aliphatic rings. The predicted octanol–water partition coefficient (Wildman–Crippen LogP) is 1.32. The van der Waals surface area contributed by atoms with Crippen molar-refractivity contribution in [3.63, 3.8) is 0 Å². The molecule has 0 aromatic heterocycles. The van der Waals surface area contributed by atoms with Crippen molar-refractivity contribution < 1.29 is 0 Å². The molecule has 2 N–H and O–H groups in total. The third-order valence-corrected chi connectivity index (χ3v) is 2.17.